The van der Waals surface area contributed by atoms with E-state index in [1.165, 1.54) is 18.3 Å². The molecule has 0 atom stereocenters. The van der Waals surface area contributed by atoms with Crippen LogP contribution in [0.5, 0.6) is 11.5 Å². The third-order valence-corrected chi connectivity index (χ3v) is 4.05. The van der Waals surface area contributed by atoms with Crippen LogP contribution in [0.25, 0.3) is 0 Å². The van der Waals surface area contributed by atoms with Crippen molar-refractivity contribution in [3.63, 3.8) is 0 Å². The van der Waals surface area contributed by atoms with Gasteiger partial charge in [0.2, 0.25) is 6.79 Å². The van der Waals surface area contributed by atoms with E-state index in [1.807, 2.05) is 18.2 Å². The number of nitrogens with one attached hydrogen (secondary N) is 2. The van der Waals surface area contributed by atoms with Crippen LogP contribution in [-0.2, 0) is 6.54 Å². The van der Waals surface area contributed by atoms with Gasteiger partial charge in [0, 0.05) is 18.3 Å². The fourth-order valence-corrected chi connectivity index (χ4v) is 2.67. The van der Waals surface area contributed by atoms with Crippen LogP contribution in [0.4, 0.5) is 15.9 Å². The van der Waals surface area contributed by atoms with Crippen molar-refractivity contribution in [1.29, 1.82) is 0 Å². The van der Waals surface area contributed by atoms with Gasteiger partial charge in [-0.25, -0.2) is 9.37 Å². The zero-order chi connectivity index (χ0) is 18.6. The van der Waals surface area contributed by atoms with Crippen LogP contribution in [-0.4, -0.2) is 17.7 Å². The van der Waals surface area contributed by atoms with Gasteiger partial charge in [-0.1, -0.05) is 18.2 Å². The molecule has 1 aromatic heterocycles. The Balaban J connectivity index is 1.43. The number of aromatic nitrogens is 1. The number of benzene rings is 2. The first-order valence-electron chi connectivity index (χ1n) is 8.33. The summed E-state index contributed by atoms with van der Waals surface area (Å²) in [5.41, 5.74) is 1.50. The van der Waals surface area contributed by atoms with Gasteiger partial charge in [0.15, 0.2) is 11.5 Å². The number of anilines is 2. The van der Waals surface area contributed by atoms with Gasteiger partial charge in [-0.2, -0.15) is 0 Å². The van der Waals surface area contributed by atoms with Gasteiger partial charge in [-0.3, -0.25) is 4.79 Å². The van der Waals surface area contributed by atoms with Gasteiger partial charge in [0.25, 0.3) is 5.91 Å². The van der Waals surface area contributed by atoms with Gasteiger partial charge in [0.1, 0.15) is 11.6 Å². The molecule has 3 aromatic rings. The van der Waals surface area contributed by atoms with E-state index in [2.05, 4.69) is 15.6 Å². The zero-order valence-corrected chi connectivity index (χ0v) is 14.2. The lowest BCUT2D eigenvalue weighted by Crippen LogP contribution is -2.13. The number of carbonyl (C=O) groups is 1. The highest BCUT2D eigenvalue weighted by Gasteiger charge is 2.13. The standard InChI is InChI=1S/C20H16FN3O3/c21-15-3-1-2-4-16(15)24-20(25)14-7-8-22-19(10-14)23-11-13-5-6-17-18(9-13)27-12-26-17/h1-10H,11-12H2,(H,22,23)(H,24,25). The Labute approximate surface area is 155 Å². The van der Waals surface area contributed by atoms with Crippen LogP contribution in [0.1, 0.15) is 15.9 Å². The summed E-state index contributed by atoms with van der Waals surface area (Å²) in [7, 11) is 0. The maximum absolute atomic E-state index is 13.7. The second-order valence-electron chi connectivity index (χ2n) is 5.90. The fraction of sp³-hybridized carbons (Fsp3) is 0.100. The molecule has 0 saturated carbocycles. The zero-order valence-electron chi connectivity index (χ0n) is 14.2. The Kier molecular flexibility index (Phi) is 4.57. The molecule has 2 aromatic carbocycles. The van der Waals surface area contributed by atoms with Crippen molar-refractivity contribution >= 4 is 17.4 Å². The monoisotopic (exact) mass is 365 g/mol. The number of pyridine rings is 1. The van der Waals surface area contributed by atoms with E-state index >= 15 is 0 Å². The van der Waals surface area contributed by atoms with E-state index in [1.54, 1.807) is 24.3 Å². The molecule has 0 unspecified atom stereocenters. The molecule has 1 aliphatic rings. The van der Waals surface area contributed by atoms with E-state index in [0.29, 0.717) is 23.7 Å². The number of para-hydroxylation sites is 1. The third kappa shape index (κ3) is 3.82. The molecule has 1 aliphatic heterocycles. The number of amides is 1. The van der Waals surface area contributed by atoms with Crippen LogP contribution >= 0.6 is 0 Å². The number of hydrogen-bond acceptors (Lipinski definition) is 5. The van der Waals surface area contributed by atoms with Crippen molar-refractivity contribution in [1.82, 2.24) is 4.98 Å². The molecule has 27 heavy (non-hydrogen) atoms. The smallest absolute Gasteiger partial charge is 0.255 e. The lowest BCUT2D eigenvalue weighted by atomic mass is 10.2. The number of ether oxygens (including phenoxy) is 2. The summed E-state index contributed by atoms with van der Waals surface area (Å²) in [4.78, 5) is 16.6. The minimum Gasteiger partial charge on any atom is -0.454 e. The summed E-state index contributed by atoms with van der Waals surface area (Å²) in [6.07, 6.45) is 1.53. The maximum atomic E-state index is 13.7. The van der Waals surface area contributed by atoms with Crippen molar-refractivity contribution < 1.29 is 18.7 Å². The van der Waals surface area contributed by atoms with Crippen LogP contribution in [0, 0.1) is 5.82 Å². The van der Waals surface area contributed by atoms with Crippen molar-refractivity contribution in [2.75, 3.05) is 17.4 Å². The lowest BCUT2D eigenvalue weighted by molar-refractivity contribution is 0.102. The molecule has 6 nitrogen and oxygen atoms in total. The highest BCUT2D eigenvalue weighted by molar-refractivity contribution is 6.04. The Bertz CT molecular complexity index is 994. The number of nitrogens with zero attached hydrogens (tertiary/aromatic N) is 1. The molecule has 0 saturated heterocycles. The van der Waals surface area contributed by atoms with Crippen molar-refractivity contribution in [2.24, 2.45) is 0 Å². The Hall–Kier alpha value is -3.61. The summed E-state index contributed by atoms with van der Waals surface area (Å²) >= 11 is 0. The van der Waals surface area contributed by atoms with Gasteiger partial charge >= 0.3 is 0 Å². The summed E-state index contributed by atoms with van der Waals surface area (Å²) < 4.78 is 24.3. The van der Waals surface area contributed by atoms with Crippen LogP contribution < -0.4 is 20.1 Å². The summed E-state index contributed by atoms with van der Waals surface area (Å²) in [6, 6.07) is 14.9. The number of fused-ring (bicyclic) bond motifs is 1. The second-order valence-corrected chi connectivity index (χ2v) is 5.90. The van der Waals surface area contributed by atoms with Crippen molar-refractivity contribution in [3.8, 4) is 11.5 Å². The van der Waals surface area contributed by atoms with E-state index in [9.17, 15) is 9.18 Å². The predicted molar refractivity (Wildman–Crippen MR) is 98.5 cm³/mol. The number of rotatable bonds is 5. The minimum atomic E-state index is -0.485. The van der Waals surface area contributed by atoms with Crippen molar-refractivity contribution in [2.45, 2.75) is 6.54 Å². The number of halogens is 1. The molecule has 136 valence electrons. The maximum Gasteiger partial charge on any atom is 0.255 e. The number of carbonyl (C=O) groups excluding carboxylic acids is 1. The molecule has 0 fully saturated rings. The van der Waals surface area contributed by atoms with Gasteiger partial charge in [-0.15, -0.1) is 0 Å². The quantitative estimate of drug-likeness (QED) is 0.719. The van der Waals surface area contributed by atoms with Gasteiger partial charge in [-0.05, 0) is 42.0 Å². The first-order chi connectivity index (χ1) is 13.2. The summed E-state index contributed by atoms with van der Waals surface area (Å²) in [5.74, 6) is 1.08. The Morgan fingerprint density at radius 2 is 1.93 bits per heavy atom. The Morgan fingerprint density at radius 1 is 1.07 bits per heavy atom. The van der Waals surface area contributed by atoms with E-state index in [4.69, 9.17) is 9.47 Å². The van der Waals surface area contributed by atoms with Gasteiger partial charge in [0.05, 0.1) is 5.69 Å². The molecule has 4 rings (SSSR count). The molecule has 0 radical (unpaired) electrons. The molecule has 0 spiro atoms. The lowest BCUT2D eigenvalue weighted by Gasteiger charge is -2.09. The van der Waals surface area contributed by atoms with Crippen LogP contribution in [0.3, 0.4) is 0 Å². The molecular formula is C20H16FN3O3. The minimum absolute atomic E-state index is 0.134. The summed E-state index contributed by atoms with van der Waals surface area (Å²) in [6.45, 7) is 0.731. The Morgan fingerprint density at radius 3 is 2.81 bits per heavy atom. The SMILES string of the molecule is O=C(Nc1ccccc1F)c1ccnc(NCc2ccc3c(c2)OCO3)c1. The highest BCUT2D eigenvalue weighted by Crippen LogP contribution is 2.32. The molecule has 0 aliphatic carbocycles. The first kappa shape index (κ1) is 16.8. The van der Waals surface area contributed by atoms with Crippen LogP contribution in [0.15, 0.2) is 60.8 Å². The van der Waals surface area contributed by atoms with E-state index in [0.717, 1.165) is 11.3 Å². The van der Waals surface area contributed by atoms with Gasteiger partial charge < -0.3 is 20.1 Å². The average molecular weight is 365 g/mol. The average Bonchev–Trinajstić information content (AvgIpc) is 3.16. The second kappa shape index (κ2) is 7.33. The van der Waals surface area contributed by atoms with Crippen LogP contribution in [0.2, 0.25) is 0 Å². The van der Waals surface area contributed by atoms with Crippen molar-refractivity contribution in [3.05, 3.63) is 77.7 Å². The largest absolute Gasteiger partial charge is 0.454 e. The fourth-order valence-electron chi connectivity index (χ4n) is 2.67. The number of hydrogen-bond donors (Lipinski definition) is 2. The third-order valence-electron chi connectivity index (χ3n) is 4.05. The first-order valence-corrected chi connectivity index (χ1v) is 8.33. The molecule has 2 N–H and O–H groups in total. The normalized spacial score (nSPS) is 11.9. The summed E-state index contributed by atoms with van der Waals surface area (Å²) in [5, 5.41) is 5.72. The molecule has 2 heterocycles. The molecular weight excluding hydrogens is 349 g/mol. The van der Waals surface area contributed by atoms with E-state index < -0.39 is 11.7 Å². The topological polar surface area (TPSA) is 72.5 Å². The predicted octanol–water partition coefficient (Wildman–Crippen LogP) is 3.81. The molecule has 0 bridgehead atoms. The highest BCUT2D eigenvalue weighted by atomic mass is 19.1. The van der Waals surface area contributed by atoms with E-state index in [-0.39, 0.29) is 12.5 Å². The molecule has 1 amide bonds. The molecule has 7 heteroatoms.